The Morgan fingerprint density at radius 1 is 1.14 bits per heavy atom. The average molecular weight is 319 g/mol. The first-order chi connectivity index (χ1) is 10.4. The molecule has 1 aliphatic heterocycles. The number of nitrogens with one attached hydrogen (secondary N) is 2. The number of aliphatic imine (C=N–C) groups is 1. The summed E-state index contributed by atoms with van der Waals surface area (Å²) in [6.07, 6.45) is -0.246. The summed E-state index contributed by atoms with van der Waals surface area (Å²) < 4.78 is 38.8. The molecule has 0 amide bonds. The predicted molar refractivity (Wildman–Crippen MR) is 83.1 cm³/mol. The summed E-state index contributed by atoms with van der Waals surface area (Å²) in [5.41, 5.74) is 0. The van der Waals surface area contributed by atoms with E-state index < -0.39 is 12.1 Å². The molecule has 0 radical (unpaired) electrons. The second-order valence-electron chi connectivity index (χ2n) is 6.90. The summed E-state index contributed by atoms with van der Waals surface area (Å²) in [4.78, 5) is 4.74. The lowest BCUT2D eigenvalue weighted by atomic mass is 9.85. The first-order valence-electron chi connectivity index (χ1n) is 8.48. The standard InChI is InChI=1S/C16H28F3N3/c1-11(2)21-15(12-6-8-20-9-7-12)22-14-5-3-4-13(10-14)16(17,18)19/h11-14,20H,3-10H2,1-2H3,(H,21,22). The van der Waals surface area contributed by atoms with Gasteiger partial charge in [-0.15, -0.1) is 0 Å². The molecule has 128 valence electrons. The van der Waals surface area contributed by atoms with Gasteiger partial charge in [0, 0.05) is 12.0 Å². The van der Waals surface area contributed by atoms with Crippen LogP contribution in [0, 0.1) is 11.8 Å². The monoisotopic (exact) mass is 319 g/mol. The van der Waals surface area contributed by atoms with Crippen molar-refractivity contribution in [3.8, 4) is 0 Å². The van der Waals surface area contributed by atoms with Crippen molar-refractivity contribution in [2.24, 2.45) is 16.8 Å². The zero-order chi connectivity index (χ0) is 16.2. The van der Waals surface area contributed by atoms with Gasteiger partial charge in [-0.1, -0.05) is 6.42 Å². The van der Waals surface area contributed by atoms with Crippen LogP contribution in [0.1, 0.15) is 52.4 Å². The maximum absolute atomic E-state index is 12.9. The molecular weight excluding hydrogens is 291 g/mol. The molecule has 0 aromatic heterocycles. The predicted octanol–water partition coefficient (Wildman–Crippen LogP) is 3.50. The van der Waals surface area contributed by atoms with Gasteiger partial charge in [0.2, 0.25) is 0 Å². The molecule has 1 heterocycles. The number of nitrogens with zero attached hydrogens (tertiary/aromatic N) is 1. The normalized spacial score (nSPS) is 28.9. The average Bonchev–Trinajstić information content (AvgIpc) is 2.46. The first-order valence-corrected chi connectivity index (χ1v) is 8.48. The van der Waals surface area contributed by atoms with Crippen molar-refractivity contribution in [2.75, 3.05) is 13.1 Å². The Hall–Kier alpha value is -0.780. The van der Waals surface area contributed by atoms with E-state index in [-0.39, 0.29) is 24.9 Å². The van der Waals surface area contributed by atoms with Crippen molar-refractivity contribution in [1.29, 1.82) is 0 Å². The highest BCUT2D eigenvalue weighted by Crippen LogP contribution is 2.38. The lowest BCUT2D eigenvalue weighted by molar-refractivity contribution is -0.182. The van der Waals surface area contributed by atoms with Crippen molar-refractivity contribution in [3.05, 3.63) is 0 Å². The summed E-state index contributed by atoms with van der Waals surface area (Å²) in [7, 11) is 0. The van der Waals surface area contributed by atoms with Crippen molar-refractivity contribution in [2.45, 2.75) is 70.6 Å². The molecule has 2 N–H and O–H groups in total. The third-order valence-corrected chi connectivity index (χ3v) is 4.59. The number of hydrogen-bond donors (Lipinski definition) is 2. The smallest absolute Gasteiger partial charge is 0.371 e. The van der Waals surface area contributed by atoms with Crippen LogP contribution in [0.5, 0.6) is 0 Å². The van der Waals surface area contributed by atoms with Gasteiger partial charge in [-0.2, -0.15) is 13.2 Å². The van der Waals surface area contributed by atoms with Crippen LogP contribution >= 0.6 is 0 Å². The summed E-state index contributed by atoms with van der Waals surface area (Å²) >= 11 is 0. The van der Waals surface area contributed by atoms with E-state index in [9.17, 15) is 13.2 Å². The fraction of sp³-hybridized carbons (Fsp3) is 0.938. The third kappa shape index (κ3) is 5.14. The SMILES string of the molecule is CC(C)NC(=NC1CCCC(C(F)(F)F)C1)C1CCNCC1. The molecule has 2 rings (SSSR count). The van der Waals surface area contributed by atoms with Gasteiger partial charge in [0.15, 0.2) is 0 Å². The Labute approximate surface area is 131 Å². The van der Waals surface area contributed by atoms with Crippen LogP contribution in [0.15, 0.2) is 4.99 Å². The quantitative estimate of drug-likeness (QED) is 0.617. The molecule has 0 aromatic rings. The molecule has 0 aromatic carbocycles. The van der Waals surface area contributed by atoms with E-state index >= 15 is 0 Å². The molecular formula is C16H28F3N3. The molecule has 3 nitrogen and oxygen atoms in total. The van der Waals surface area contributed by atoms with Gasteiger partial charge in [-0.05, 0) is 59.0 Å². The van der Waals surface area contributed by atoms with E-state index in [0.717, 1.165) is 38.2 Å². The molecule has 2 atom stereocenters. The lowest BCUT2D eigenvalue weighted by Crippen LogP contribution is -2.42. The van der Waals surface area contributed by atoms with Crippen LogP contribution in [-0.4, -0.2) is 37.2 Å². The second kappa shape index (κ2) is 7.66. The van der Waals surface area contributed by atoms with Gasteiger partial charge in [-0.3, -0.25) is 4.99 Å². The van der Waals surface area contributed by atoms with Crippen molar-refractivity contribution < 1.29 is 13.2 Å². The summed E-state index contributed by atoms with van der Waals surface area (Å²) in [6, 6.07) is 0.0761. The fourth-order valence-corrected chi connectivity index (χ4v) is 3.43. The van der Waals surface area contributed by atoms with Crippen LogP contribution in [0.3, 0.4) is 0 Å². The Kier molecular flexibility index (Phi) is 6.12. The minimum Gasteiger partial charge on any atom is -0.371 e. The first kappa shape index (κ1) is 17.6. The Morgan fingerprint density at radius 2 is 1.82 bits per heavy atom. The van der Waals surface area contributed by atoms with E-state index in [0.29, 0.717) is 12.3 Å². The molecule has 1 saturated heterocycles. The highest BCUT2D eigenvalue weighted by Gasteiger charge is 2.42. The van der Waals surface area contributed by atoms with Crippen molar-refractivity contribution in [3.63, 3.8) is 0 Å². The summed E-state index contributed by atoms with van der Waals surface area (Å²) in [5, 5.41) is 6.71. The van der Waals surface area contributed by atoms with E-state index in [4.69, 9.17) is 4.99 Å². The van der Waals surface area contributed by atoms with Gasteiger partial charge < -0.3 is 10.6 Å². The zero-order valence-electron chi connectivity index (χ0n) is 13.5. The summed E-state index contributed by atoms with van der Waals surface area (Å²) in [5.74, 6) is 0.113. The van der Waals surface area contributed by atoms with Crippen molar-refractivity contribution in [1.82, 2.24) is 10.6 Å². The van der Waals surface area contributed by atoms with E-state index in [1.165, 1.54) is 0 Å². The zero-order valence-corrected chi connectivity index (χ0v) is 13.5. The highest BCUT2D eigenvalue weighted by molar-refractivity contribution is 5.85. The van der Waals surface area contributed by atoms with Crippen LogP contribution in [0.2, 0.25) is 0 Å². The Balaban J connectivity index is 2.06. The van der Waals surface area contributed by atoms with Crippen LogP contribution < -0.4 is 10.6 Å². The molecule has 1 aliphatic carbocycles. The minimum absolute atomic E-state index is 0.151. The number of alkyl halides is 3. The second-order valence-corrected chi connectivity index (χ2v) is 6.90. The molecule has 2 unspecified atom stereocenters. The number of piperidine rings is 1. The summed E-state index contributed by atoms with van der Waals surface area (Å²) in [6.45, 7) is 6.02. The Morgan fingerprint density at radius 3 is 2.41 bits per heavy atom. The third-order valence-electron chi connectivity index (χ3n) is 4.59. The van der Waals surface area contributed by atoms with E-state index in [1.54, 1.807) is 0 Å². The number of rotatable bonds is 3. The molecule has 22 heavy (non-hydrogen) atoms. The lowest BCUT2D eigenvalue weighted by Gasteiger charge is -2.31. The largest absolute Gasteiger partial charge is 0.391 e. The fourth-order valence-electron chi connectivity index (χ4n) is 3.43. The van der Waals surface area contributed by atoms with Gasteiger partial charge >= 0.3 is 6.18 Å². The van der Waals surface area contributed by atoms with Crippen LogP contribution in [0.4, 0.5) is 13.2 Å². The number of halogens is 3. The van der Waals surface area contributed by atoms with Gasteiger partial charge in [-0.25, -0.2) is 0 Å². The molecule has 2 aliphatic rings. The van der Waals surface area contributed by atoms with E-state index in [1.807, 2.05) is 0 Å². The number of amidine groups is 1. The minimum atomic E-state index is -4.07. The molecule has 0 bridgehead atoms. The van der Waals surface area contributed by atoms with E-state index in [2.05, 4.69) is 24.5 Å². The molecule has 1 saturated carbocycles. The van der Waals surface area contributed by atoms with Crippen LogP contribution in [-0.2, 0) is 0 Å². The Bertz CT molecular complexity index is 373. The number of hydrogen-bond acceptors (Lipinski definition) is 2. The van der Waals surface area contributed by atoms with Gasteiger partial charge in [0.1, 0.15) is 5.84 Å². The highest BCUT2D eigenvalue weighted by atomic mass is 19.4. The maximum atomic E-state index is 12.9. The molecule has 0 spiro atoms. The molecule has 6 heteroatoms. The van der Waals surface area contributed by atoms with Crippen molar-refractivity contribution >= 4 is 5.84 Å². The topological polar surface area (TPSA) is 36.4 Å². The van der Waals surface area contributed by atoms with Gasteiger partial charge in [0.25, 0.3) is 0 Å². The molecule has 2 fully saturated rings. The van der Waals surface area contributed by atoms with Crippen LogP contribution in [0.25, 0.3) is 0 Å². The maximum Gasteiger partial charge on any atom is 0.391 e. The van der Waals surface area contributed by atoms with Gasteiger partial charge in [0.05, 0.1) is 12.0 Å².